The van der Waals surface area contributed by atoms with Gasteiger partial charge in [-0.1, -0.05) is 13.8 Å². The fourth-order valence-corrected chi connectivity index (χ4v) is 2.21. The number of carbonyl (C=O) groups is 2. The lowest BCUT2D eigenvalue weighted by Gasteiger charge is -2.22. The van der Waals surface area contributed by atoms with E-state index in [-0.39, 0.29) is 17.9 Å². The highest BCUT2D eigenvalue weighted by atomic mass is 16.6. The molecule has 2 aliphatic rings. The number of hydrogen-bond acceptors (Lipinski definition) is 3. The van der Waals surface area contributed by atoms with Crippen LogP contribution < -0.4 is 0 Å². The first kappa shape index (κ1) is 13.3. The molecule has 0 aliphatic carbocycles. The molecular formula is C13H22N2O3. The molecule has 2 amide bonds. The van der Waals surface area contributed by atoms with Crippen molar-refractivity contribution in [1.82, 2.24) is 9.80 Å². The van der Waals surface area contributed by atoms with E-state index in [1.807, 2.05) is 23.6 Å². The van der Waals surface area contributed by atoms with Gasteiger partial charge in [-0.2, -0.15) is 0 Å². The zero-order valence-electron chi connectivity index (χ0n) is 11.2. The second-order valence-electron chi connectivity index (χ2n) is 5.52. The van der Waals surface area contributed by atoms with Crippen LogP contribution in [0, 0.1) is 5.92 Å². The number of ether oxygens (including phenoxy) is 1. The van der Waals surface area contributed by atoms with Gasteiger partial charge in [-0.25, -0.2) is 0 Å². The van der Waals surface area contributed by atoms with Gasteiger partial charge in [0.25, 0.3) is 0 Å². The van der Waals surface area contributed by atoms with Crippen LogP contribution in [0.1, 0.15) is 26.7 Å². The summed E-state index contributed by atoms with van der Waals surface area (Å²) >= 11 is 0. The zero-order valence-corrected chi connectivity index (χ0v) is 11.2. The van der Waals surface area contributed by atoms with E-state index >= 15 is 0 Å². The molecule has 0 aromatic heterocycles. The largest absolute Gasteiger partial charge is 0.371 e. The van der Waals surface area contributed by atoms with Crippen LogP contribution >= 0.6 is 0 Å². The molecule has 2 heterocycles. The quantitative estimate of drug-likeness (QED) is 0.686. The molecule has 0 saturated carbocycles. The topological polar surface area (TPSA) is 53.2 Å². The van der Waals surface area contributed by atoms with Crippen molar-refractivity contribution in [1.29, 1.82) is 0 Å². The molecule has 2 fully saturated rings. The first-order valence-corrected chi connectivity index (χ1v) is 6.73. The van der Waals surface area contributed by atoms with Gasteiger partial charge in [0.15, 0.2) is 0 Å². The average Bonchev–Trinajstić information content (AvgIpc) is 3.09. The molecule has 1 atom stereocenters. The molecule has 0 N–H and O–H groups in total. The van der Waals surface area contributed by atoms with Crippen LogP contribution in [-0.2, 0) is 14.3 Å². The number of hydrogen-bond donors (Lipinski definition) is 0. The Hall–Kier alpha value is -1.10. The molecule has 102 valence electrons. The molecule has 0 radical (unpaired) electrons. The summed E-state index contributed by atoms with van der Waals surface area (Å²) in [6.45, 7) is 7.39. The molecule has 1 unspecified atom stereocenters. The molecule has 2 saturated heterocycles. The maximum Gasteiger partial charge on any atom is 0.224 e. The van der Waals surface area contributed by atoms with E-state index in [0.29, 0.717) is 44.9 Å². The van der Waals surface area contributed by atoms with Crippen molar-refractivity contribution >= 4 is 11.8 Å². The van der Waals surface area contributed by atoms with Crippen LogP contribution in [0.4, 0.5) is 0 Å². The highest BCUT2D eigenvalue weighted by Crippen LogP contribution is 2.14. The van der Waals surface area contributed by atoms with Crippen LogP contribution in [-0.4, -0.2) is 60.5 Å². The van der Waals surface area contributed by atoms with E-state index in [1.54, 1.807) is 0 Å². The Morgan fingerprint density at radius 2 is 2.11 bits per heavy atom. The van der Waals surface area contributed by atoms with Gasteiger partial charge >= 0.3 is 0 Å². The third-order valence-corrected chi connectivity index (χ3v) is 3.35. The molecule has 0 aromatic carbocycles. The predicted octanol–water partition coefficient (Wildman–Crippen LogP) is 0.492. The summed E-state index contributed by atoms with van der Waals surface area (Å²) < 4.78 is 5.15. The molecule has 18 heavy (non-hydrogen) atoms. The summed E-state index contributed by atoms with van der Waals surface area (Å²) in [5.74, 6) is 0.681. The number of epoxide rings is 1. The Bertz CT molecular complexity index is 326. The summed E-state index contributed by atoms with van der Waals surface area (Å²) in [4.78, 5) is 27.5. The van der Waals surface area contributed by atoms with E-state index in [0.717, 1.165) is 6.61 Å². The molecule has 0 bridgehead atoms. The minimum Gasteiger partial charge on any atom is -0.371 e. The monoisotopic (exact) mass is 254 g/mol. The fourth-order valence-electron chi connectivity index (χ4n) is 2.21. The molecular weight excluding hydrogens is 232 g/mol. The second kappa shape index (κ2) is 5.69. The van der Waals surface area contributed by atoms with Gasteiger partial charge in [0.1, 0.15) is 0 Å². The number of rotatable bonds is 4. The van der Waals surface area contributed by atoms with Crippen molar-refractivity contribution in [3.8, 4) is 0 Å². The van der Waals surface area contributed by atoms with Crippen molar-refractivity contribution in [2.24, 2.45) is 5.92 Å². The number of amides is 2. The van der Waals surface area contributed by atoms with Gasteiger partial charge in [-0.3, -0.25) is 9.59 Å². The van der Waals surface area contributed by atoms with Crippen LogP contribution in [0.2, 0.25) is 0 Å². The third-order valence-electron chi connectivity index (χ3n) is 3.35. The van der Waals surface area contributed by atoms with E-state index in [2.05, 4.69) is 0 Å². The van der Waals surface area contributed by atoms with Gasteiger partial charge in [0, 0.05) is 39.0 Å². The molecule has 5 nitrogen and oxygen atoms in total. The summed E-state index contributed by atoms with van der Waals surface area (Å²) in [5, 5.41) is 0. The smallest absolute Gasteiger partial charge is 0.224 e. The van der Waals surface area contributed by atoms with Gasteiger partial charge in [0.2, 0.25) is 11.8 Å². The Labute approximate surface area is 108 Å². The minimum atomic E-state index is 0.144. The summed E-state index contributed by atoms with van der Waals surface area (Å²) in [7, 11) is 0. The third kappa shape index (κ3) is 3.70. The summed E-state index contributed by atoms with van der Waals surface area (Å²) in [5.41, 5.74) is 0. The number of carbonyl (C=O) groups excluding carboxylic acids is 2. The Morgan fingerprint density at radius 3 is 2.72 bits per heavy atom. The normalized spacial score (nSPS) is 24.4. The highest BCUT2D eigenvalue weighted by molar-refractivity contribution is 5.80. The first-order chi connectivity index (χ1) is 8.56. The first-order valence-electron chi connectivity index (χ1n) is 6.73. The molecule has 0 spiro atoms. The maximum atomic E-state index is 12.0. The summed E-state index contributed by atoms with van der Waals surface area (Å²) in [6.07, 6.45) is 1.24. The zero-order chi connectivity index (χ0) is 13.1. The summed E-state index contributed by atoms with van der Waals surface area (Å²) in [6, 6.07) is 0. The van der Waals surface area contributed by atoms with Crippen LogP contribution in [0.25, 0.3) is 0 Å². The van der Waals surface area contributed by atoms with Gasteiger partial charge in [-0.15, -0.1) is 0 Å². The predicted molar refractivity (Wildman–Crippen MR) is 67.0 cm³/mol. The Balaban J connectivity index is 1.85. The molecule has 2 rings (SSSR count). The maximum absolute atomic E-state index is 12.0. The lowest BCUT2D eigenvalue weighted by molar-refractivity contribution is -0.131. The van der Waals surface area contributed by atoms with Crippen molar-refractivity contribution in [3.05, 3.63) is 0 Å². The van der Waals surface area contributed by atoms with Gasteiger partial charge < -0.3 is 14.5 Å². The molecule has 2 aliphatic heterocycles. The molecule has 5 heteroatoms. The van der Waals surface area contributed by atoms with E-state index in [9.17, 15) is 9.59 Å². The Kier molecular flexibility index (Phi) is 4.22. The van der Waals surface area contributed by atoms with Crippen LogP contribution in [0.3, 0.4) is 0 Å². The average molecular weight is 254 g/mol. The highest BCUT2D eigenvalue weighted by Gasteiger charge is 2.30. The van der Waals surface area contributed by atoms with E-state index < -0.39 is 0 Å². The van der Waals surface area contributed by atoms with E-state index in [4.69, 9.17) is 4.74 Å². The molecule has 0 aromatic rings. The van der Waals surface area contributed by atoms with Crippen molar-refractivity contribution in [3.63, 3.8) is 0 Å². The lowest BCUT2D eigenvalue weighted by atomic mass is 10.1. The Morgan fingerprint density at radius 1 is 1.39 bits per heavy atom. The number of nitrogens with zero attached hydrogens (tertiary/aromatic N) is 2. The standard InChI is InChI=1S/C13H22N2O3/c1-10(2)7-13(17)14-4-3-12(16)15(6-5-14)8-11-9-18-11/h10-11H,3-9H2,1-2H3. The van der Waals surface area contributed by atoms with Crippen molar-refractivity contribution < 1.29 is 14.3 Å². The van der Waals surface area contributed by atoms with Crippen LogP contribution in [0.5, 0.6) is 0 Å². The lowest BCUT2D eigenvalue weighted by Crippen LogP contribution is -2.37. The second-order valence-corrected chi connectivity index (χ2v) is 5.52. The SMILES string of the molecule is CC(C)CC(=O)N1CCC(=O)N(CC2CO2)CC1. The van der Waals surface area contributed by atoms with Crippen LogP contribution in [0.15, 0.2) is 0 Å². The fraction of sp³-hybridized carbons (Fsp3) is 0.846. The van der Waals surface area contributed by atoms with Gasteiger partial charge in [-0.05, 0) is 5.92 Å². The van der Waals surface area contributed by atoms with Crippen molar-refractivity contribution in [2.45, 2.75) is 32.8 Å². The van der Waals surface area contributed by atoms with Crippen molar-refractivity contribution in [2.75, 3.05) is 32.8 Å². The minimum absolute atomic E-state index is 0.144. The van der Waals surface area contributed by atoms with E-state index in [1.165, 1.54) is 0 Å². The van der Waals surface area contributed by atoms with Gasteiger partial charge in [0.05, 0.1) is 12.7 Å².